The zero-order valence-corrected chi connectivity index (χ0v) is 17.4. The molecule has 1 atom stereocenters. The second-order valence-corrected chi connectivity index (χ2v) is 7.50. The number of benzene rings is 2. The average Bonchev–Trinajstić information content (AvgIpc) is 3.17. The third-order valence-corrected chi connectivity index (χ3v) is 4.77. The molecule has 8 nitrogen and oxygen atoms in total. The number of ether oxygens (including phenoxy) is 2. The molecule has 1 unspecified atom stereocenters. The number of carbonyl (C=O) groups excluding carboxylic acids is 2. The van der Waals surface area contributed by atoms with Gasteiger partial charge in [-0.1, -0.05) is 13.8 Å². The number of rotatable bonds is 6. The second-order valence-electron chi connectivity index (χ2n) is 7.50. The van der Waals surface area contributed by atoms with E-state index in [1.807, 2.05) is 13.8 Å². The highest BCUT2D eigenvalue weighted by Gasteiger charge is 2.25. The van der Waals surface area contributed by atoms with Crippen molar-refractivity contribution >= 4 is 18.0 Å². The first-order chi connectivity index (χ1) is 14.3. The third kappa shape index (κ3) is 4.71. The van der Waals surface area contributed by atoms with E-state index in [0.29, 0.717) is 17.1 Å². The number of nitrogens with zero attached hydrogens (tertiary/aromatic N) is 1. The van der Waals surface area contributed by atoms with Gasteiger partial charge in [-0.15, -0.1) is 0 Å². The SMILES string of the molecule is Cc1cc(C=NNC(=O)C(NC(=O)c2ccc3c(c2)OCO3)C(C)C)cc(C)c1O. The number of hydrazone groups is 1. The van der Waals surface area contributed by atoms with Gasteiger partial charge in [0.1, 0.15) is 11.8 Å². The zero-order chi connectivity index (χ0) is 21.8. The van der Waals surface area contributed by atoms with Crippen molar-refractivity contribution < 1.29 is 24.2 Å². The van der Waals surface area contributed by atoms with Crippen LogP contribution in [-0.2, 0) is 4.79 Å². The minimum absolute atomic E-state index is 0.121. The van der Waals surface area contributed by atoms with Gasteiger partial charge in [-0.3, -0.25) is 9.59 Å². The topological polar surface area (TPSA) is 109 Å². The summed E-state index contributed by atoms with van der Waals surface area (Å²) in [6, 6.07) is 7.61. The van der Waals surface area contributed by atoms with Crippen molar-refractivity contribution in [1.29, 1.82) is 0 Å². The summed E-state index contributed by atoms with van der Waals surface area (Å²) in [5, 5.41) is 16.6. The number of hydrogen-bond acceptors (Lipinski definition) is 6. The van der Waals surface area contributed by atoms with Crippen LogP contribution in [0.3, 0.4) is 0 Å². The van der Waals surface area contributed by atoms with Crippen LogP contribution in [0.1, 0.15) is 40.9 Å². The predicted molar refractivity (Wildman–Crippen MR) is 112 cm³/mol. The summed E-state index contributed by atoms with van der Waals surface area (Å²) in [5.41, 5.74) is 5.03. The van der Waals surface area contributed by atoms with E-state index in [4.69, 9.17) is 9.47 Å². The Balaban J connectivity index is 1.65. The van der Waals surface area contributed by atoms with Crippen LogP contribution < -0.4 is 20.2 Å². The maximum absolute atomic E-state index is 12.6. The van der Waals surface area contributed by atoms with Gasteiger partial charge in [0.25, 0.3) is 11.8 Å². The lowest BCUT2D eigenvalue weighted by molar-refractivity contribution is -0.123. The van der Waals surface area contributed by atoms with Crippen LogP contribution in [0.5, 0.6) is 17.2 Å². The van der Waals surface area contributed by atoms with E-state index in [-0.39, 0.29) is 18.5 Å². The van der Waals surface area contributed by atoms with Crippen molar-refractivity contribution in [2.45, 2.75) is 33.7 Å². The van der Waals surface area contributed by atoms with E-state index in [2.05, 4.69) is 15.8 Å². The van der Waals surface area contributed by atoms with Gasteiger partial charge < -0.3 is 19.9 Å². The first-order valence-corrected chi connectivity index (χ1v) is 9.60. The quantitative estimate of drug-likeness (QED) is 0.500. The van der Waals surface area contributed by atoms with E-state index >= 15 is 0 Å². The number of amides is 2. The normalized spacial score (nSPS) is 13.5. The fraction of sp³-hybridized carbons (Fsp3) is 0.318. The second kappa shape index (κ2) is 8.86. The molecule has 0 saturated carbocycles. The molecule has 3 N–H and O–H groups in total. The van der Waals surface area contributed by atoms with Gasteiger partial charge in [-0.25, -0.2) is 5.43 Å². The van der Waals surface area contributed by atoms with Gasteiger partial charge in [-0.2, -0.15) is 5.10 Å². The Morgan fingerprint density at radius 3 is 2.43 bits per heavy atom. The van der Waals surface area contributed by atoms with Crippen molar-refractivity contribution in [2.75, 3.05) is 6.79 Å². The lowest BCUT2D eigenvalue weighted by atomic mass is 10.0. The highest BCUT2D eigenvalue weighted by molar-refractivity contribution is 5.98. The van der Waals surface area contributed by atoms with E-state index in [1.165, 1.54) is 6.21 Å². The number of aryl methyl sites for hydroxylation is 2. The Labute approximate surface area is 174 Å². The first kappa shape index (κ1) is 21.2. The molecular formula is C22H25N3O5. The number of aromatic hydroxyl groups is 1. The minimum Gasteiger partial charge on any atom is -0.507 e. The number of phenols is 1. The molecule has 8 heteroatoms. The highest BCUT2D eigenvalue weighted by Crippen LogP contribution is 2.32. The Morgan fingerprint density at radius 1 is 1.10 bits per heavy atom. The van der Waals surface area contributed by atoms with Crippen molar-refractivity contribution in [1.82, 2.24) is 10.7 Å². The van der Waals surface area contributed by atoms with Gasteiger partial charge in [0.2, 0.25) is 6.79 Å². The standard InChI is InChI=1S/C22H25N3O5/c1-12(2)19(24-21(27)16-5-6-17-18(9-16)30-11-29-17)22(28)25-23-10-15-7-13(3)20(26)14(4)8-15/h5-10,12,19,26H,11H2,1-4H3,(H,24,27)(H,25,28). The summed E-state index contributed by atoms with van der Waals surface area (Å²) in [7, 11) is 0. The van der Waals surface area contributed by atoms with Crippen LogP contribution in [0.15, 0.2) is 35.4 Å². The van der Waals surface area contributed by atoms with Crippen LogP contribution >= 0.6 is 0 Å². The van der Waals surface area contributed by atoms with Crippen molar-refractivity contribution in [3.8, 4) is 17.2 Å². The number of fused-ring (bicyclic) bond motifs is 1. The summed E-state index contributed by atoms with van der Waals surface area (Å²) in [5.74, 6) is 0.341. The zero-order valence-electron chi connectivity index (χ0n) is 17.4. The molecule has 30 heavy (non-hydrogen) atoms. The van der Waals surface area contributed by atoms with Crippen LogP contribution in [0, 0.1) is 19.8 Å². The number of phenolic OH excluding ortho intramolecular Hbond substituents is 1. The molecule has 0 spiro atoms. The van der Waals surface area contributed by atoms with Crippen LogP contribution in [0.4, 0.5) is 0 Å². The van der Waals surface area contributed by atoms with Crippen molar-refractivity contribution in [3.05, 3.63) is 52.6 Å². The Bertz CT molecular complexity index is 977. The number of nitrogens with one attached hydrogen (secondary N) is 2. The molecule has 2 aromatic rings. The van der Waals surface area contributed by atoms with Crippen LogP contribution in [-0.4, -0.2) is 36.0 Å². The number of carbonyl (C=O) groups is 2. The maximum Gasteiger partial charge on any atom is 0.262 e. The van der Waals surface area contributed by atoms with Crippen LogP contribution in [0.25, 0.3) is 0 Å². The molecule has 0 radical (unpaired) electrons. The smallest absolute Gasteiger partial charge is 0.262 e. The summed E-state index contributed by atoms with van der Waals surface area (Å²) >= 11 is 0. The van der Waals surface area contributed by atoms with Crippen LogP contribution in [0.2, 0.25) is 0 Å². The third-order valence-electron chi connectivity index (χ3n) is 4.77. The molecule has 2 amide bonds. The summed E-state index contributed by atoms with van der Waals surface area (Å²) in [6.45, 7) is 7.37. The monoisotopic (exact) mass is 411 g/mol. The van der Waals surface area contributed by atoms with Gasteiger partial charge >= 0.3 is 0 Å². The highest BCUT2D eigenvalue weighted by atomic mass is 16.7. The van der Waals surface area contributed by atoms with E-state index in [9.17, 15) is 14.7 Å². The Hall–Kier alpha value is -3.55. The molecule has 1 aliphatic heterocycles. The van der Waals surface area contributed by atoms with Gasteiger partial charge in [0.15, 0.2) is 11.5 Å². The largest absolute Gasteiger partial charge is 0.507 e. The van der Waals surface area contributed by atoms with E-state index in [1.54, 1.807) is 44.2 Å². The molecule has 3 rings (SSSR count). The summed E-state index contributed by atoms with van der Waals surface area (Å²) < 4.78 is 10.5. The summed E-state index contributed by atoms with van der Waals surface area (Å²) in [6.07, 6.45) is 1.49. The van der Waals surface area contributed by atoms with E-state index < -0.39 is 17.9 Å². The lowest BCUT2D eigenvalue weighted by Gasteiger charge is -2.20. The molecule has 1 heterocycles. The molecule has 0 saturated heterocycles. The molecule has 0 aromatic heterocycles. The molecule has 2 aromatic carbocycles. The van der Waals surface area contributed by atoms with E-state index in [0.717, 1.165) is 16.7 Å². The molecular weight excluding hydrogens is 386 g/mol. The number of hydrogen-bond donors (Lipinski definition) is 3. The minimum atomic E-state index is -0.775. The van der Waals surface area contributed by atoms with Crippen molar-refractivity contribution in [2.24, 2.45) is 11.0 Å². The molecule has 158 valence electrons. The first-order valence-electron chi connectivity index (χ1n) is 9.60. The molecule has 0 aliphatic carbocycles. The Morgan fingerprint density at radius 2 is 1.77 bits per heavy atom. The van der Waals surface area contributed by atoms with Gasteiger partial charge in [0.05, 0.1) is 6.21 Å². The van der Waals surface area contributed by atoms with Crippen molar-refractivity contribution in [3.63, 3.8) is 0 Å². The maximum atomic E-state index is 12.6. The molecule has 1 aliphatic rings. The molecule has 0 fully saturated rings. The summed E-state index contributed by atoms with van der Waals surface area (Å²) in [4.78, 5) is 25.2. The Kier molecular flexibility index (Phi) is 6.25. The van der Waals surface area contributed by atoms with Gasteiger partial charge in [0, 0.05) is 5.56 Å². The van der Waals surface area contributed by atoms with Gasteiger partial charge in [-0.05, 0) is 66.8 Å². The lowest BCUT2D eigenvalue weighted by Crippen LogP contribution is -2.48. The molecule has 0 bridgehead atoms. The fourth-order valence-corrected chi connectivity index (χ4v) is 3.10. The fourth-order valence-electron chi connectivity index (χ4n) is 3.10. The predicted octanol–water partition coefficient (Wildman–Crippen LogP) is 2.64. The average molecular weight is 411 g/mol.